The van der Waals surface area contributed by atoms with Gasteiger partial charge in [-0.2, -0.15) is 23.5 Å². The second-order valence-electron chi connectivity index (χ2n) is 22.9. The smallest absolute Gasteiger partial charge is 0.326 e. The lowest BCUT2D eigenvalue weighted by Crippen LogP contribution is -2.62. The van der Waals surface area contributed by atoms with Crippen molar-refractivity contribution in [3.63, 3.8) is 0 Å². The highest BCUT2D eigenvalue weighted by Gasteiger charge is 2.38. The summed E-state index contributed by atoms with van der Waals surface area (Å²) in [7, 11) is 0. The standard InChI is InChI=1S/C62H89N11O16S2/c1-9-35(6)52(73-53(79)41(63)28-36-13-11-10-12-14-36)61(87)71-48(32-50(77)78)59(85)67-44(27-33(2)3)55(81)69-47(31-49(64)76)58(84)68-45(29-37-15-19-39(74)20-16-37)56(82)65-42(23-25-90-7)54(80)72-51(34(4)5)60(86)70-46(30-38-17-21-40(75)22-18-38)57(83)66-43(62(88)89)24-26-91-8/h10-22,33-35,41-48,51-52,74-75H,9,23-32,63H2,1-8H3,(H2,64,76)(H,65,82)(H,66,83)(H,67,85)(H,68,84)(H,69,81)(H,70,86)(H,71,87)(H,72,80)(H,73,79)(H,77,78)(H,88,89)/t35-,41-,42-,43-,44-,45-,46-,47-,48-,51-,52-/m0/s1. The van der Waals surface area contributed by atoms with E-state index >= 15 is 0 Å². The number of nitrogens with two attached hydrogens (primary N) is 2. The number of carbonyl (C=O) groups excluding carboxylic acids is 10. The van der Waals surface area contributed by atoms with Gasteiger partial charge < -0.3 is 79.7 Å². The van der Waals surface area contributed by atoms with Gasteiger partial charge in [-0.3, -0.25) is 52.7 Å². The molecule has 3 aromatic rings. The number of nitrogens with one attached hydrogen (secondary N) is 9. The highest BCUT2D eigenvalue weighted by molar-refractivity contribution is 7.98. The summed E-state index contributed by atoms with van der Waals surface area (Å²) in [5, 5.41) is 62.6. The van der Waals surface area contributed by atoms with E-state index in [4.69, 9.17) is 11.5 Å². The number of primary amides is 1. The molecule has 0 aliphatic carbocycles. The van der Waals surface area contributed by atoms with Crippen molar-refractivity contribution < 1.29 is 78.0 Å². The van der Waals surface area contributed by atoms with Crippen LogP contribution in [0.5, 0.6) is 11.5 Å². The Morgan fingerprint density at radius 2 is 0.835 bits per heavy atom. The van der Waals surface area contributed by atoms with E-state index in [-0.39, 0.29) is 61.7 Å². The van der Waals surface area contributed by atoms with Crippen LogP contribution in [0.15, 0.2) is 78.9 Å². The molecule has 0 aromatic heterocycles. The van der Waals surface area contributed by atoms with E-state index in [9.17, 15) is 78.0 Å². The van der Waals surface area contributed by atoms with E-state index in [0.29, 0.717) is 23.3 Å². The Morgan fingerprint density at radius 3 is 1.30 bits per heavy atom. The number of carboxylic acid groups (broad SMARTS) is 2. The molecular weight excluding hydrogens is 1220 g/mol. The molecule has 0 fully saturated rings. The van der Waals surface area contributed by atoms with Gasteiger partial charge in [0, 0.05) is 12.8 Å². The monoisotopic (exact) mass is 1310 g/mol. The molecule has 0 radical (unpaired) electrons. The summed E-state index contributed by atoms with van der Waals surface area (Å²) in [6.45, 7) is 9.98. The third-order valence-corrected chi connectivity index (χ3v) is 15.8. The molecule has 0 saturated heterocycles. The Hall–Kier alpha value is -8.44. The number of thioether (sulfide) groups is 2. The summed E-state index contributed by atoms with van der Waals surface area (Å²) in [6.07, 6.45) is 1.56. The zero-order valence-corrected chi connectivity index (χ0v) is 54.1. The molecule has 0 heterocycles. The minimum Gasteiger partial charge on any atom is -0.508 e. The number of aliphatic carboxylic acids is 2. The number of hydrogen-bond donors (Lipinski definition) is 15. The number of phenolic OH excluding ortho intramolecular Hbond substituents is 2. The number of benzene rings is 3. The second-order valence-corrected chi connectivity index (χ2v) is 24.8. The molecule has 3 aromatic carbocycles. The first-order valence-electron chi connectivity index (χ1n) is 29.8. The SMILES string of the molecule is CC[C@H](C)[C@H](NC(=O)[C@@H](N)Cc1ccccc1)C(=O)N[C@@H](CC(=O)O)C(=O)N[C@@H](CC(C)C)C(=O)N[C@@H](CC(N)=O)C(=O)N[C@@H](Cc1ccc(O)cc1)C(=O)N[C@@H](CCSC)C(=O)N[C@H](C(=O)N[C@@H](Cc1ccc(O)cc1)C(=O)N[C@@H](CCSC)C(=O)O)C(C)C. The third kappa shape index (κ3) is 27.3. The van der Waals surface area contributed by atoms with Crippen LogP contribution in [-0.2, 0) is 76.8 Å². The highest BCUT2D eigenvalue weighted by atomic mass is 32.2. The lowest BCUT2D eigenvalue weighted by molar-refractivity contribution is -0.142. The molecule has 0 bridgehead atoms. The second kappa shape index (κ2) is 39.0. The first-order valence-corrected chi connectivity index (χ1v) is 32.5. The van der Waals surface area contributed by atoms with Crippen molar-refractivity contribution in [1.29, 1.82) is 0 Å². The molecule has 29 heteroatoms. The largest absolute Gasteiger partial charge is 0.508 e. The first kappa shape index (κ1) is 76.8. The first-order chi connectivity index (χ1) is 43.0. The summed E-state index contributed by atoms with van der Waals surface area (Å²) in [5.74, 6) is -13.5. The van der Waals surface area contributed by atoms with Crippen LogP contribution in [0.25, 0.3) is 0 Å². The van der Waals surface area contributed by atoms with Gasteiger partial charge in [0.25, 0.3) is 0 Å². The number of amides is 10. The molecule has 0 unspecified atom stereocenters. The summed E-state index contributed by atoms with van der Waals surface area (Å²) in [6, 6.07) is 5.47. The normalized spacial score (nSPS) is 14.8. The molecule has 0 aliphatic heterocycles. The van der Waals surface area contributed by atoms with Gasteiger partial charge in [-0.25, -0.2) is 4.79 Å². The van der Waals surface area contributed by atoms with Crippen molar-refractivity contribution in [2.45, 2.75) is 160 Å². The molecule has 0 aliphatic rings. The van der Waals surface area contributed by atoms with Crippen molar-refractivity contribution in [1.82, 2.24) is 47.9 Å². The summed E-state index contributed by atoms with van der Waals surface area (Å²) < 4.78 is 0. The van der Waals surface area contributed by atoms with Crippen molar-refractivity contribution >= 4 is 94.5 Å². The Balaban J connectivity index is 1.94. The van der Waals surface area contributed by atoms with E-state index in [0.717, 1.165) is 5.56 Å². The van der Waals surface area contributed by atoms with Crippen LogP contribution in [0.2, 0.25) is 0 Å². The molecule has 10 amide bonds. The van der Waals surface area contributed by atoms with Crippen LogP contribution < -0.4 is 59.3 Å². The molecule has 500 valence electrons. The average Bonchev–Trinajstić information content (AvgIpc) is 1.12. The van der Waals surface area contributed by atoms with Gasteiger partial charge in [-0.1, -0.05) is 103 Å². The fourth-order valence-corrected chi connectivity index (χ4v) is 10.2. The molecule has 27 nitrogen and oxygen atoms in total. The van der Waals surface area contributed by atoms with Crippen molar-refractivity contribution in [3.05, 3.63) is 95.6 Å². The molecule has 3 rings (SSSR count). The van der Waals surface area contributed by atoms with E-state index < -0.39 is 156 Å². The van der Waals surface area contributed by atoms with Crippen LogP contribution in [0, 0.1) is 17.8 Å². The van der Waals surface area contributed by atoms with E-state index in [1.165, 1.54) is 72.1 Å². The van der Waals surface area contributed by atoms with Crippen LogP contribution in [-0.4, -0.2) is 176 Å². The van der Waals surface area contributed by atoms with Gasteiger partial charge in [0.15, 0.2) is 0 Å². The lowest BCUT2D eigenvalue weighted by Gasteiger charge is -2.29. The number of phenols is 2. The van der Waals surface area contributed by atoms with Gasteiger partial charge in [0.1, 0.15) is 65.9 Å². The van der Waals surface area contributed by atoms with E-state index in [1.54, 1.807) is 84.4 Å². The Morgan fingerprint density at radius 1 is 0.451 bits per heavy atom. The summed E-state index contributed by atoms with van der Waals surface area (Å²) >= 11 is 2.68. The van der Waals surface area contributed by atoms with Crippen LogP contribution >= 0.6 is 23.5 Å². The molecule has 11 atom stereocenters. The Labute approximate surface area is 538 Å². The predicted molar refractivity (Wildman–Crippen MR) is 343 cm³/mol. The zero-order chi connectivity index (χ0) is 68.1. The highest BCUT2D eigenvalue weighted by Crippen LogP contribution is 2.17. The maximum Gasteiger partial charge on any atom is 0.326 e. The average molecular weight is 1310 g/mol. The molecule has 91 heavy (non-hydrogen) atoms. The van der Waals surface area contributed by atoms with Crippen LogP contribution in [0.4, 0.5) is 0 Å². The number of aromatic hydroxyl groups is 2. The van der Waals surface area contributed by atoms with Crippen molar-refractivity contribution in [3.8, 4) is 11.5 Å². The van der Waals surface area contributed by atoms with E-state index in [1.807, 2.05) is 0 Å². The maximum absolute atomic E-state index is 14.6. The quantitative estimate of drug-likeness (QED) is 0.0369. The molecular formula is C62H89N11O16S2. The summed E-state index contributed by atoms with van der Waals surface area (Å²) in [5.41, 5.74) is 13.4. The zero-order valence-electron chi connectivity index (χ0n) is 52.4. The fraction of sp³-hybridized carbons (Fsp3) is 0.516. The molecule has 0 spiro atoms. The third-order valence-electron chi connectivity index (χ3n) is 14.6. The van der Waals surface area contributed by atoms with Crippen molar-refractivity contribution in [2.75, 3.05) is 24.0 Å². The number of hydrogen-bond acceptors (Lipinski definition) is 17. The number of carboxylic acids is 2. The van der Waals surface area contributed by atoms with Gasteiger partial charge in [-0.05, 0) is 108 Å². The number of carbonyl (C=O) groups is 12. The van der Waals surface area contributed by atoms with Gasteiger partial charge in [0.2, 0.25) is 59.1 Å². The maximum atomic E-state index is 14.6. The van der Waals surface area contributed by atoms with Crippen LogP contribution in [0.1, 0.15) is 96.8 Å². The molecule has 17 N–H and O–H groups in total. The Kier molecular flexibility index (Phi) is 32.9. The van der Waals surface area contributed by atoms with Crippen molar-refractivity contribution in [2.24, 2.45) is 29.2 Å². The van der Waals surface area contributed by atoms with Gasteiger partial charge >= 0.3 is 11.9 Å². The van der Waals surface area contributed by atoms with E-state index in [2.05, 4.69) is 47.9 Å². The lowest BCUT2D eigenvalue weighted by atomic mass is 9.96. The Bertz CT molecular complexity index is 2940. The summed E-state index contributed by atoms with van der Waals surface area (Å²) in [4.78, 5) is 164. The predicted octanol–water partition coefficient (Wildman–Crippen LogP) is 0.505. The number of rotatable bonds is 40. The van der Waals surface area contributed by atoms with Gasteiger partial charge in [-0.15, -0.1) is 0 Å². The topological polar surface area (TPSA) is 446 Å². The van der Waals surface area contributed by atoms with Gasteiger partial charge in [0.05, 0.1) is 18.9 Å². The molecule has 0 saturated carbocycles. The minimum absolute atomic E-state index is 0.0389. The minimum atomic E-state index is -1.85. The van der Waals surface area contributed by atoms with Crippen LogP contribution in [0.3, 0.4) is 0 Å². The fourth-order valence-electron chi connectivity index (χ4n) is 9.25.